The van der Waals surface area contributed by atoms with Crippen molar-refractivity contribution in [1.29, 1.82) is 0 Å². The van der Waals surface area contributed by atoms with Crippen molar-refractivity contribution in [3.8, 4) is 0 Å². The Balaban J connectivity index is 2.25. The van der Waals surface area contributed by atoms with Crippen molar-refractivity contribution in [2.75, 3.05) is 25.9 Å². The van der Waals surface area contributed by atoms with Crippen molar-refractivity contribution in [2.24, 2.45) is 4.99 Å². The first-order valence-electron chi connectivity index (χ1n) is 7.07. The number of aryl methyl sites for hydroxylation is 1. The highest BCUT2D eigenvalue weighted by molar-refractivity contribution is 7.86. The average molecular weight is 331 g/mol. The van der Waals surface area contributed by atoms with Crippen LogP contribution in [-0.4, -0.2) is 45.8 Å². The summed E-state index contributed by atoms with van der Waals surface area (Å²) in [5.74, 6) is 1.36. The first-order chi connectivity index (χ1) is 9.82. The number of rotatable bonds is 6. The van der Waals surface area contributed by atoms with Crippen LogP contribution in [0.4, 0.5) is 0 Å². The third-order valence-corrected chi connectivity index (χ3v) is 5.59. The largest absolute Gasteiger partial charge is 0.356 e. The lowest BCUT2D eigenvalue weighted by Crippen LogP contribution is -2.41. The Morgan fingerprint density at radius 1 is 1.38 bits per heavy atom. The molecule has 21 heavy (non-hydrogen) atoms. The van der Waals surface area contributed by atoms with E-state index in [1.807, 2.05) is 27.7 Å². The Labute approximate surface area is 134 Å². The van der Waals surface area contributed by atoms with Crippen molar-refractivity contribution < 1.29 is 4.21 Å². The van der Waals surface area contributed by atoms with Crippen LogP contribution in [-0.2, 0) is 17.2 Å². The molecule has 0 aliphatic carbocycles. The summed E-state index contributed by atoms with van der Waals surface area (Å²) in [6.45, 7) is 9.42. The first-order valence-corrected chi connectivity index (χ1v) is 9.27. The maximum atomic E-state index is 11.9. The monoisotopic (exact) mass is 330 g/mol. The number of nitrogens with one attached hydrogen (secondary N) is 2. The van der Waals surface area contributed by atoms with Gasteiger partial charge in [0.25, 0.3) is 0 Å². The minimum Gasteiger partial charge on any atom is -0.356 e. The third-order valence-electron chi connectivity index (χ3n) is 2.83. The van der Waals surface area contributed by atoms with Crippen LogP contribution in [0.5, 0.6) is 0 Å². The van der Waals surface area contributed by atoms with E-state index >= 15 is 0 Å². The molecule has 1 aromatic heterocycles. The second kappa shape index (κ2) is 8.48. The normalized spacial score (nSPS) is 14.0. The molecule has 0 spiro atoms. The van der Waals surface area contributed by atoms with E-state index in [1.165, 1.54) is 0 Å². The molecule has 2 N–H and O–H groups in total. The Bertz CT molecular complexity index is 491. The maximum absolute atomic E-state index is 11.9. The van der Waals surface area contributed by atoms with E-state index < -0.39 is 10.8 Å². The molecule has 120 valence electrons. The summed E-state index contributed by atoms with van der Waals surface area (Å²) in [6.07, 6.45) is 0.874. The van der Waals surface area contributed by atoms with E-state index in [4.69, 9.17) is 0 Å². The molecule has 1 atom stereocenters. The molecule has 0 aliphatic heterocycles. The fourth-order valence-corrected chi connectivity index (χ4v) is 3.17. The van der Waals surface area contributed by atoms with E-state index in [0.29, 0.717) is 12.3 Å². The number of hydrogen-bond donors (Lipinski definition) is 2. The van der Waals surface area contributed by atoms with Crippen LogP contribution in [0.15, 0.2) is 10.4 Å². The van der Waals surface area contributed by atoms with Gasteiger partial charge >= 0.3 is 0 Å². The van der Waals surface area contributed by atoms with Crippen molar-refractivity contribution in [2.45, 2.75) is 38.9 Å². The fourth-order valence-electron chi connectivity index (χ4n) is 1.62. The SMILES string of the molecule is CN=C(NCCc1csc(C)n1)NCCS(=O)C(C)(C)C. The lowest BCUT2D eigenvalue weighted by atomic mass is 10.3. The van der Waals surface area contributed by atoms with E-state index in [0.717, 1.165) is 29.6 Å². The summed E-state index contributed by atoms with van der Waals surface area (Å²) in [7, 11) is 0.897. The Hall–Kier alpha value is -0.950. The molecule has 0 saturated heterocycles. The molecule has 1 heterocycles. The molecule has 0 aliphatic rings. The summed E-state index contributed by atoms with van der Waals surface area (Å²) in [4.78, 5) is 8.58. The summed E-state index contributed by atoms with van der Waals surface area (Å²) < 4.78 is 11.8. The number of hydrogen-bond acceptors (Lipinski definition) is 4. The number of nitrogens with zero attached hydrogens (tertiary/aromatic N) is 2. The molecular weight excluding hydrogens is 304 g/mol. The standard InChI is InChI=1S/C14H26N4OS2/c1-11-18-12(10-20-11)6-7-16-13(15-5)17-8-9-21(19)14(2,3)4/h10H,6-9H2,1-5H3,(H2,15,16,17). The van der Waals surface area contributed by atoms with E-state index in [1.54, 1.807) is 18.4 Å². The lowest BCUT2D eigenvalue weighted by Gasteiger charge is -2.18. The number of thiazole rings is 1. The zero-order valence-electron chi connectivity index (χ0n) is 13.5. The molecule has 1 aromatic rings. The quantitative estimate of drug-likeness (QED) is 0.615. The number of aromatic nitrogens is 1. The molecule has 0 saturated carbocycles. The second-order valence-electron chi connectivity index (χ2n) is 5.70. The van der Waals surface area contributed by atoms with Gasteiger partial charge in [-0.1, -0.05) is 0 Å². The predicted octanol–water partition coefficient (Wildman–Crippen LogP) is 1.71. The minimum absolute atomic E-state index is 0.166. The molecule has 0 aromatic carbocycles. The van der Waals surface area contributed by atoms with Crippen LogP contribution in [0.2, 0.25) is 0 Å². The van der Waals surface area contributed by atoms with Gasteiger partial charge in [-0.3, -0.25) is 9.20 Å². The molecule has 0 radical (unpaired) electrons. The van der Waals surface area contributed by atoms with Gasteiger partial charge in [-0.15, -0.1) is 11.3 Å². The zero-order valence-corrected chi connectivity index (χ0v) is 15.2. The van der Waals surface area contributed by atoms with Gasteiger partial charge in [0.2, 0.25) is 0 Å². The van der Waals surface area contributed by atoms with Gasteiger partial charge in [-0.05, 0) is 27.7 Å². The number of guanidine groups is 1. The highest BCUT2D eigenvalue weighted by Crippen LogP contribution is 2.10. The van der Waals surface area contributed by atoms with Crippen LogP contribution >= 0.6 is 11.3 Å². The van der Waals surface area contributed by atoms with Crippen LogP contribution < -0.4 is 10.6 Å². The molecule has 7 heteroatoms. The molecular formula is C14H26N4OS2. The Morgan fingerprint density at radius 3 is 2.57 bits per heavy atom. The summed E-state index contributed by atoms with van der Waals surface area (Å²) in [5.41, 5.74) is 1.11. The van der Waals surface area contributed by atoms with Crippen LogP contribution in [0, 0.1) is 6.92 Å². The first kappa shape index (κ1) is 18.1. The maximum Gasteiger partial charge on any atom is 0.191 e. The van der Waals surface area contributed by atoms with Crippen LogP contribution in [0.1, 0.15) is 31.5 Å². The van der Waals surface area contributed by atoms with Gasteiger partial charge < -0.3 is 10.6 Å². The molecule has 5 nitrogen and oxygen atoms in total. The summed E-state index contributed by atoms with van der Waals surface area (Å²) in [6, 6.07) is 0. The van der Waals surface area contributed by atoms with Gasteiger partial charge in [0.1, 0.15) is 0 Å². The molecule has 1 unspecified atom stereocenters. The van der Waals surface area contributed by atoms with Gasteiger partial charge in [-0.2, -0.15) is 0 Å². The average Bonchev–Trinajstić information content (AvgIpc) is 2.81. The smallest absolute Gasteiger partial charge is 0.191 e. The van der Waals surface area contributed by atoms with E-state index in [-0.39, 0.29) is 4.75 Å². The Morgan fingerprint density at radius 2 is 2.05 bits per heavy atom. The van der Waals surface area contributed by atoms with Crippen molar-refractivity contribution in [3.63, 3.8) is 0 Å². The number of aliphatic imine (C=N–C) groups is 1. The summed E-state index contributed by atoms with van der Waals surface area (Å²) in [5, 5.41) is 9.61. The van der Waals surface area contributed by atoms with E-state index in [9.17, 15) is 4.21 Å². The molecule has 1 rings (SSSR count). The molecule has 0 bridgehead atoms. The zero-order chi connectivity index (χ0) is 15.9. The molecule has 0 fully saturated rings. The van der Waals surface area contributed by atoms with Gasteiger partial charge in [0.05, 0.1) is 10.7 Å². The van der Waals surface area contributed by atoms with Gasteiger partial charge in [0, 0.05) is 53.2 Å². The minimum atomic E-state index is -0.842. The lowest BCUT2D eigenvalue weighted by molar-refractivity contribution is 0.647. The Kier molecular flexibility index (Phi) is 7.31. The predicted molar refractivity (Wildman–Crippen MR) is 92.7 cm³/mol. The van der Waals surface area contributed by atoms with Crippen molar-refractivity contribution in [1.82, 2.24) is 15.6 Å². The van der Waals surface area contributed by atoms with Crippen LogP contribution in [0.25, 0.3) is 0 Å². The summed E-state index contributed by atoms with van der Waals surface area (Å²) >= 11 is 1.67. The molecule has 0 amide bonds. The van der Waals surface area contributed by atoms with Crippen LogP contribution in [0.3, 0.4) is 0 Å². The van der Waals surface area contributed by atoms with E-state index in [2.05, 4.69) is 26.0 Å². The third kappa shape index (κ3) is 7.04. The second-order valence-corrected chi connectivity index (χ2v) is 9.08. The van der Waals surface area contributed by atoms with Crippen molar-refractivity contribution >= 4 is 28.1 Å². The van der Waals surface area contributed by atoms with Gasteiger partial charge in [-0.25, -0.2) is 4.98 Å². The van der Waals surface area contributed by atoms with Crippen molar-refractivity contribution in [3.05, 3.63) is 16.1 Å². The van der Waals surface area contributed by atoms with Gasteiger partial charge in [0.15, 0.2) is 5.96 Å². The topological polar surface area (TPSA) is 66.4 Å². The highest BCUT2D eigenvalue weighted by atomic mass is 32.2. The highest BCUT2D eigenvalue weighted by Gasteiger charge is 2.18. The fraction of sp³-hybridized carbons (Fsp3) is 0.714.